The van der Waals surface area contributed by atoms with E-state index in [2.05, 4.69) is 34.6 Å². The highest BCUT2D eigenvalue weighted by atomic mass is 28.4. The van der Waals surface area contributed by atoms with Crippen molar-refractivity contribution in [2.45, 2.75) is 195 Å². The molecule has 0 atom stereocenters. The van der Waals surface area contributed by atoms with E-state index < -0.39 is 8.80 Å². The summed E-state index contributed by atoms with van der Waals surface area (Å²) in [6.45, 7) is 12.8. The molecule has 0 unspecified atom stereocenters. The van der Waals surface area contributed by atoms with Crippen molar-refractivity contribution >= 4 is 8.80 Å². The Morgan fingerprint density at radius 1 is 0.368 bits per heavy atom. The fourth-order valence-electron chi connectivity index (χ4n) is 5.66. The van der Waals surface area contributed by atoms with E-state index in [1.54, 1.807) is 5.92 Å². The quantitative estimate of drug-likeness (QED) is 0.0610. The van der Waals surface area contributed by atoms with Gasteiger partial charge in [-0.3, -0.25) is 0 Å². The highest BCUT2D eigenvalue weighted by Crippen LogP contribution is 2.29. The van der Waals surface area contributed by atoms with E-state index in [0.717, 1.165) is 12.5 Å². The molecule has 0 saturated heterocycles. The molecule has 0 aromatic carbocycles. The summed E-state index contributed by atoms with van der Waals surface area (Å²) in [4.78, 5) is 0. The third kappa shape index (κ3) is 23.9. The van der Waals surface area contributed by atoms with Gasteiger partial charge in [0.15, 0.2) is 0 Å². The van der Waals surface area contributed by atoms with Gasteiger partial charge in [-0.15, -0.1) is 0 Å². The van der Waals surface area contributed by atoms with E-state index in [-0.39, 0.29) is 0 Å². The second kappa shape index (κ2) is 30.1. The van der Waals surface area contributed by atoms with Gasteiger partial charge in [-0.2, -0.15) is 0 Å². The smallest absolute Gasteiger partial charge is 0.374 e. The average molecular weight is 556 g/mol. The Labute approximate surface area is 242 Å². The van der Waals surface area contributed by atoms with E-state index in [4.69, 9.17) is 13.3 Å². The fourth-order valence-corrected chi connectivity index (χ4v) is 8.27. The molecule has 3 nitrogen and oxygen atoms in total. The molecule has 0 aromatic heterocycles. The van der Waals surface area contributed by atoms with Gasteiger partial charge in [-0.1, -0.05) is 142 Å². The van der Waals surface area contributed by atoms with E-state index >= 15 is 0 Å². The molecule has 0 spiro atoms. The lowest BCUT2D eigenvalue weighted by atomic mass is 9.90. The van der Waals surface area contributed by atoms with Gasteiger partial charge >= 0.3 is 8.80 Å². The molecule has 0 amide bonds. The molecule has 0 heterocycles. The summed E-state index contributed by atoms with van der Waals surface area (Å²) < 4.78 is 18.3. The largest absolute Gasteiger partial charge is 0.500 e. The van der Waals surface area contributed by atoms with Crippen molar-refractivity contribution in [2.75, 3.05) is 19.8 Å². The highest BCUT2D eigenvalue weighted by molar-refractivity contribution is 6.60. The zero-order valence-corrected chi connectivity index (χ0v) is 28.0. The lowest BCUT2D eigenvalue weighted by Gasteiger charge is -2.29. The zero-order valence-electron chi connectivity index (χ0n) is 27.0. The van der Waals surface area contributed by atoms with Crippen molar-refractivity contribution in [3.63, 3.8) is 0 Å². The second-order valence-corrected chi connectivity index (χ2v) is 14.2. The number of hydrogen-bond donors (Lipinski definition) is 0. The van der Waals surface area contributed by atoms with Crippen LogP contribution in [0.3, 0.4) is 0 Å². The zero-order chi connectivity index (χ0) is 28.0. The number of hydrogen-bond acceptors (Lipinski definition) is 3. The molecular formula is C34H71O3Si. The van der Waals surface area contributed by atoms with Crippen LogP contribution >= 0.6 is 0 Å². The topological polar surface area (TPSA) is 27.7 Å². The van der Waals surface area contributed by atoms with Crippen LogP contribution in [0.1, 0.15) is 189 Å². The van der Waals surface area contributed by atoms with E-state index in [9.17, 15) is 0 Å². The first-order chi connectivity index (χ1) is 18.7. The van der Waals surface area contributed by atoms with Gasteiger partial charge in [0.1, 0.15) is 0 Å². The first kappa shape index (κ1) is 38.1. The molecule has 1 radical (unpaired) electrons. The standard InChI is InChI=1S/C34H71O3Si/c1-6-11-13-15-17-19-21-23-25-27-30-34(31-28-26-24-22-20-18-16-14-12-7-2)32-29-33-38(35-8-3,36-9-4)37-10-5/h6-33H2,1-5H3. The summed E-state index contributed by atoms with van der Waals surface area (Å²) in [6, 6.07) is 0.960. The van der Waals surface area contributed by atoms with Crippen molar-refractivity contribution in [3.05, 3.63) is 5.92 Å². The van der Waals surface area contributed by atoms with Crippen LogP contribution in [-0.4, -0.2) is 28.6 Å². The minimum absolute atomic E-state index is 0.681. The van der Waals surface area contributed by atoms with E-state index in [1.807, 2.05) is 0 Å². The maximum atomic E-state index is 6.11. The van der Waals surface area contributed by atoms with Crippen LogP contribution in [0.2, 0.25) is 6.04 Å². The molecular weight excluding hydrogens is 484 g/mol. The van der Waals surface area contributed by atoms with Crippen molar-refractivity contribution < 1.29 is 13.3 Å². The normalized spacial score (nSPS) is 12.2. The van der Waals surface area contributed by atoms with Gasteiger partial charge in [-0.05, 0) is 52.4 Å². The summed E-state index contributed by atoms with van der Waals surface area (Å²) in [5.74, 6) is 1.80. The van der Waals surface area contributed by atoms with Crippen LogP contribution in [0.4, 0.5) is 0 Å². The van der Waals surface area contributed by atoms with Gasteiger partial charge in [0.05, 0.1) is 0 Å². The van der Waals surface area contributed by atoms with Gasteiger partial charge in [0.25, 0.3) is 0 Å². The Bertz CT molecular complexity index is 404. The van der Waals surface area contributed by atoms with Crippen LogP contribution in [0, 0.1) is 5.92 Å². The summed E-state index contributed by atoms with van der Waals surface area (Å²) in [7, 11) is -2.51. The first-order valence-corrected chi connectivity index (χ1v) is 19.4. The maximum absolute atomic E-state index is 6.11. The minimum atomic E-state index is -2.51. The Kier molecular flexibility index (Phi) is 30.1. The Balaban J connectivity index is 4.35. The van der Waals surface area contributed by atoms with Crippen molar-refractivity contribution in [3.8, 4) is 0 Å². The second-order valence-electron chi connectivity index (χ2n) is 11.4. The third-order valence-corrected chi connectivity index (χ3v) is 11.0. The first-order valence-electron chi connectivity index (χ1n) is 17.4. The third-order valence-electron chi connectivity index (χ3n) is 7.87. The average Bonchev–Trinajstić information content (AvgIpc) is 2.91. The predicted octanol–water partition coefficient (Wildman–Crippen LogP) is 12.0. The van der Waals surface area contributed by atoms with Gasteiger partial charge < -0.3 is 13.3 Å². The van der Waals surface area contributed by atoms with Crippen LogP contribution < -0.4 is 0 Å². The van der Waals surface area contributed by atoms with Crippen LogP contribution in [0.25, 0.3) is 0 Å². The summed E-state index contributed by atoms with van der Waals surface area (Å²) >= 11 is 0. The Morgan fingerprint density at radius 3 is 0.974 bits per heavy atom. The molecule has 38 heavy (non-hydrogen) atoms. The number of unbranched alkanes of at least 4 members (excludes halogenated alkanes) is 18. The van der Waals surface area contributed by atoms with Crippen LogP contribution in [-0.2, 0) is 13.3 Å². The van der Waals surface area contributed by atoms with Crippen molar-refractivity contribution in [1.29, 1.82) is 0 Å². The molecule has 0 rings (SSSR count). The molecule has 0 saturated carbocycles. The lowest BCUT2D eigenvalue weighted by molar-refractivity contribution is 0.0707. The van der Waals surface area contributed by atoms with Crippen LogP contribution in [0.5, 0.6) is 0 Å². The molecule has 0 aliphatic rings. The molecule has 0 bridgehead atoms. The monoisotopic (exact) mass is 556 g/mol. The Morgan fingerprint density at radius 2 is 0.658 bits per heavy atom. The van der Waals surface area contributed by atoms with Crippen molar-refractivity contribution in [2.24, 2.45) is 0 Å². The molecule has 0 N–H and O–H groups in total. The predicted molar refractivity (Wildman–Crippen MR) is 171 cm³/mol. The van der Waals surface area contributed by atoms with E-state index in [0.29, 0.717) is 19.8 Å². The molecule has 0 aliphatic heterocycles. The molecule has 0 fully saturated rings. The summed E-state index contributed by atoms with van der Waals surface area (Å²) in [6.07, 6.45) is 33.4. The molecule has 4 heteroatoms. The minimum Gasteiger partial charge on any atom is -0.374 e. The SMILES string of the molecule is CCCCCCCCCCCC[C](CCCCCCCCCCCC)CCC[Si](OCC)(OCC)OCC. The van der Waals surface area contributed by atoms with Crippen molar-refractivity contribution in [1.82, 2.24) is 0 Å². The Hall–Kier alpha value is 0.0969. The summed E-state index contributed by atoms with van der Waals surface area (Å²) in [5.41, 5.74) is 0. The van der Waals surface area contributed by atoms with Gasteiger partial charge in [-0.25, -0.2) is 0 Å². The molecule has 0 aliphatic carbocycles. The van der Waals surface area contributed by atoms with E-state index in [1.165, 1.54) is 148 Å². The maximum Gasteiger partial charge on any atom is 0.500 e. The lowest BCUT2D eigenvalue weighted by Crippen LogP contribution is -2.45. The summed E-state index contributed by atoms with van der Waals surface area (Å²) in [5, 5.41) is 0. The molecule has 0 aromatic rings. The highest BCUT2D eigenvalue weighted by Gasteiger charge is 2.39. The van der Waals surface area contributed by atoms with Crippen LogP contribution in [0.15, 0.2) is 0 Å². The van der Waals surface area contributed by atoms with Gasteiger partial charge in [0, 0.05) is 25.9 Å². The fraction of sp³-hybridized carbons (Fsp3) is 0.971. The molecule has 229 valence electrons. The number of rotatable bonds is 32. The van der Waals surface area contributed by atoms with Gasteiger partial charge in [0.2, 0.25) is 0 Å².